The number of rotatable bonds is 3. The zero-order valence-electron chi connectivity index (χ0n) is 14.1. The number of hydrogen-bond acceptors (Lipinski definition) is 4. The van der Waals surface area contributed by atoms with Crippen molar-refractivity contribution in [3.8, 4) is 5.88 Å². The van der Waals surface area contributed by atoms with Crippen molar-refractivity contribution in [2.24, 2.45) is 10.2 Å². The van der Waals surface area contributed by atoms with Crippen LogP contribution < -0.4 is 0 Å². The molecule has 0 amide bonds. The molecular weight excluding hydrogens is 312 g/mol. The average Bonchev–Trinajstić information content (AvgIpc) is 2.91. The highest BCUT2D eigenvalue weighted by Gasteiger charge is 2.15. The number of hydrogen-bond donors (Lipinski definition) is 1. The predicted octanol–water partition coefficient (Wildman–Crippen LogP) is 5.64. The number of azo groups is 1. The van der Waals surface area contributed by atoms with Crippen LogP contribution in [0.15, 0.2) is 64.8 Å². The fourth-order valence-electron chi connectivity index (χ4n) is 3.17. The van der Waals surface area contributed by atoms with E-state index in [-0.39, 0.29) is 5.88 Å². The van der Waals surface area contributed by atoms with E-state index < -0.39 is 0 Å². The minimum Gasteiger partial charge on any atom is -0.493 e. The molecule has 124 valence electrons. The molecule has 0 aliphatic rings. The second kappa shape index (κ2) is 6.02. The Labute approximate surface area is 145 Å². The maximum Gasteiger partial charge on any atom is 0.220 e. The highest BCUT2D eigenvalue weighted by molar-refractivity contribution is 5.95. The number of benzene rings is 2. The molecule has 0 unspecified atom stereocenters. The smallest absolute Gasteiger partial charge is 0.220 e. The first-order chi connectivity index (χ1) is 12.2. The first-order valence-electron chi connectivity index (χ1n) is 8.27. The van der Waals surface area contributed by atoms with Crippen LogP contribution in [0.5, 0.6) is 5.88 Å². The molecular formula is C20H18N4O. The molecule has 0 radical (unpaired) electrons. The van der Waals surface area contributed by atoms with Crippen LogP contribution in [-0.2, 0) is 6.54 Å². The molecule has 0 bridgehead atoms. The van der Waals surface area contributed by atoms with Gasteiger partial charge in [0.05, 0.1) is 11.0 Å². The monoisotopic (exact) mass is 330 g/mol. The number of aromatic hydroxyl groups is 1. The molecule has 0 saturated heterocycles. The van der Waals surface area contributed by atoms with Crippen molar-refractivity contribution in [1.29, 1.82) is 0 Å². The molecule has 5 nitrogen and oxygen atoms in total. The van der Waals surface area contributed by atoms with Gasteiger partial charge in [-0.3, -0.25) is 0 Å². The minimum atomic E-state index is 0.130. The number of nitrogens with zero attached hydrogens (tertiary/aromatic N) is 4. The lowest BCUT2D eigenvalue weighted by Crippen LogP contribution is -1.91. The Hall–Kier alpha value is -3.21. The normalized spacial score (nSPS) is 11.8. The van der Waals surface area contributed by atoms with Crippen LogP contribution in [0.3, 0.4) is 0 Å². The Bertz CT molecular complexity index is 1110. The molecule has 0 aliphatic heterocycles. The number of fused-ring (bicyclic) bond motifs is 2. The number of aromatic nitrogens is 2. The third kappa shape index (κ3) is 2.54. The number of pyridine rings is 1. The maximum atomic E-state index is 10.5. The van der Waals surface area contributed by atoms with Gasteiger partial charge in [0.1, 0.15) is 0 Å². The van der Waals surface area contributed by atoms with E-state index in [4.69, 9.17) is 0 Å². The van der Waals surface area contributed by atoms with Gasteiger partial charge >= 0.3 is 0 Å². The van der Waals surface area contributed by atoms with Gasteiger partial charge in [0, 0.05) is 17.3 Å². The minimum absolute atomic E-state index is 0.130. The first kappa shape index (κ1) is 15.3. The van der Waals surface area contributed by atoms with Gasteiger partial charge in [-0.15, -0.1) is 10.2 Å². The summed E-state index contributed by atoms with van der Waals surface area (Å²) in [4.78, 5) is 4.54. The van der Waals surface area contributed by atoms with Crippen LogP contribution in [0, 0.1) is 6.92 Å². The highest BCUT2D eigenvalue weighted by Crippen LogP contribution is 2.39. The average molecular weight is 330 g/mol. The molecule has 4 rings (SSSR count). The van der Waals surface area contributed by atoms with Crippen molar-refractivity contribution in [3.05, 3.63) is 60.2 Å². The Morgan fingerprint density at radius 3 is 2.52 bits per heavy atom. The summed E-state index contributed by atoms with van der Waals surface area (Å²) >= 11 is 0. The summed E-state index contributed by atoms with van der Waals surface area (Å²) in [7, 11) is 0. The molecule has 25 heavy (non-hydrogen) atoms. The van der Waals surface area contributed by atoms with Crippen molar-refractivity contribution in [1.82, 2.24) is 9.55 Å². The van der Waals surface area contributed by atoms with Crippen molar-refractivity contribution >= 4 is 33.3 Å². The van der Waals surface area contributed by atoms with E-state index in [1.807, 2.05) is 73.0 Å². The van der Waals surface area contributed by atoms with Crippen LogP contribution >= 0.6 is 0 Å². The zero-order valence-corrected chi connectivity index (χ0v) is 14.1. The summed E-state index contributed by atoms with van der Waals surface area (Å²) in [5, 5.41) is 21.1. The van der Waals surface area contributed by atoms with E-state index >= 15 is 0 Å². The van der Waals surface area contributed by atoms with Crippen molar-refractivity contribution in [3.63, 3.8) is 0 Å². The maximum absolute atomic E-state index is 10.5. The van der Waals surface area contributed by atoms with E-state index in [0.29, 0.717) is 18.1 Å². The molecule has 4 aromatic rings. The number of aryl methyl sites for hydroxylation is 2. The second-order valence-corrected chi connectivity index (χ2v) is 5.95. The molecule has 5 heteroatoms. The van der Waals surface area contributed by atoms with Crippen molar-refractivity contribution in [2.45, 2.75) is 20.4 Å². The second-order valence-electron chi connectivity index (χ2n) is 5.95. The van der Waals surface area contributed by atoms with Gasteiger partial charge in [-0.2, -0.15) is 0 Å². The highest BCUT2D eigenvalue weighted by atomic mass is 16.3. The van der Waals surface area contributed by atoms with Gasteiger partial charge in [0.25, 0.3) is 0 Å². The molecule has 1 N–H and O–H groups in total. The van der Waals surface area contributed by atoms with E-state index in [1.165, 1.54) is 0 Å². The van der Waals surface area contributed by atoms with E-state index in [1.54, 1.807) is 0 Å². The lowest BCUT2D eigenvalue weighted by Gasteiger charge is -2.02. The topological polar surface area (TPSA) is 62.8 Å². The van der Waals surface area contributed by atoms with Gasteiger partial charge < -0.3 is 9.67 Å². The first-order valence-corrected chi connectivity index (χ1v) is 8.27. The molecule has 0 atom stereocenters. The molecule has 2 aromatic carbocycles. The summed E-state index contributed by atoms with van der Waals surface area (Å²) in [6.45, 7) is 4.68. The summed E-state index contributed by atoms with van der Waals surface area (Å²) in [5.41, 5.74) is 3.40. The lowest BCUT2D eigenvalue weighted by atomic mass is 10.1. The third-order valence-electron chi connectivity index (χ3n) is 4.40. The van der Waals surface area contributed by atoms with Gasteiger partial charge in [0.2, 0.25) is 5.88 Å². The van der Waals surface area contributed by atoms with Crippen LogP contribution in [0.4, 0.5) is 11.5 Å². The summed E-state index contributed by atoms with van der Waals surface area (Å²) in [5.74, 6) is 0.661. The molecule has 0 spiro atoms. The summed E-state index contributed by atoms with van der Waals surface area (Å²) in [6.07, 6.45) is 0. The lowest BCUT2D eigenvalue weighted by molar-refractivity contribution is 0.427. The fourth-order valence-corrected chi connectivity index (χ4v) is 3.17. The Kier molecular flexibility index (Phi) is 3.69. The van der Waals surface area contributed by atoms with Crippen LogP contribution in [0.25, 0.3) is 21.8 Å². The Morgan fingerprint density at radius 2 is 1.72 bits per heavy atom. The molecule has 0 fully saturated rings. The SMILES string of the molecule is CCn1c(O)c(N=Nc2cc(C)c3ccccc3n2)c2ccccc21. The summed E-state index contributed by atoms with van der Waals surface area (Å²) < 4.78 is 1.82. The van der Waals surface area contributed by atoms with Crippen molar-refractivity contribution in [2.75, 3.05) is 0 Å². The van der Waals surface area contributed by atoms with Crippen molar-refractivity contribution < 1.29 is 5.11 Å². The van der Waals surface area contributed by atoms with Crippen LogP contribution in [0.1, 0.15) is 12.5 Å². The van der Waals surface area contributed by atoms with Crippen LogP contribution in [-0.4, -0.2) is 14.7 Å². The van der Waals surface area contributed by atoms with Gasteiger partial charge in [0.15, 0.2) is 11.5 Å². The van der Waals surface area contributed by atoms with Gasteiger partial charge in [-0.25, -0.2) is 4.98 Å². The van der Waals surface area contributed by atoms with E-state index in [9.17, 15) is 5.11 Å². The predicted molar refractivity (Wildman–Crippen MR) is 99.9 cm³/mol. The third-order valence-corrected chi connectivity index (χ3v) is 4.40. The largest absolute Gasteiger partial charge is 0.493 e. The fraction of sp³-hybridized carbons (Fsp3) is 0.150. The van der Waals surface area contributed by atoms with Gasteiger partial charge in [-0.05, 0) is 37.6 Å². The molecule has 2 aromatic heterocycles. The molecule has 2 heterocycles. The summed E-state index contributed by atoms with van der Waals surface area (Å²) in [6, 6.07) is 17.6. The number of para-hydroxylation sites is 2. The molecule has 0 saturated carbocycles. The zero-order chi connectivity index (χ0) is 17.4. The quantitative estimate of drug-likeness (QED) is 0.494. The van der Waals surface area contributed by atoms with E-state index in [2.05, 4.69) is 15.2 Å². The Morgan fingerprint density at radius 1 is 1.00 bits per heavy atom. The van der Waals surface area contributed by atoms with Gasteiger partial charge in [-0.1, -0.05) is 36.4 Å². The standard InChI is InChI=1S/C20H18N4O/c1-3-24-17-11-7-5-9-15(17)19(20(24)25)23-22-18-12-13(2)14-8-4-6-10-16(14)21-18/h4-12,25H,3H2,1-2H3. The van der Waals surface area contributed by atoms with E-state index in [0.717, 1.165) is 27.4 Å². The Balaban J connectivity index is 1.83. The van der Waals surface area contributed by atoms with Crippen LogP contribution in [0.2, 0.25) is 0 Å². The molecule has 0 aliphatic carbocycles.